The highest BCUT2D eigenvalue weighted by Crippen LogP contribution is 2.60. The van der Waals surface area contributed by atoms with Gasteiger partial charge in [0, 0.05) is 88.7 Å². The van der Waals surface area contributed by atoms with E-state index < -0.39 is 24.2 Å². The number of nitrogens with zero attached hydrogens (tertiary/aromatic N) is 7. The Labute approximate surface area is 674 Å². The molecule has 7 nitrogen and oxygen atoms in total. The molecule has 0 spiro atoms. The van der Waals surface area contributed by atoms with Gasteiger partial charge in [-0.05, 0) is 193 Å². The highest BCUT2D eigenvalue weighted by molar-refractivity contribution is 7.01. The van der Waals surface area contributed by atoms with Crippen LogP contribution in [0.3, 0.4) is 0 Å². The number of para-hydroxylation sites is 5. The van der Waals surface area contributed by atoms with E-state index >= 15 is 0 Å². The molecule has 0 bridgehead atoms. The number of hydrogen-bond donors (Lipinski definition) is 0. The van der Waals surface area contributed by atoms with Gasteiger partial charge in [-0.15, -0.1) is 0 Å². The SMILES string of the molecule is [2H]c1c([2H])c([2H])c2c(c1[2H])c1c([2H])c(N(c3ccccc3)c3ccccc3)c([2H])c([2H])c1n2-c1ccc2c(c1)N(c1c(-c3ccccc3)cc(C(C)(C)C)cc1-c1cccc([N+]#[C-])c1)c1c3c(c4c5ccccc5n5c6ccccc6c1c45)N(c1c(-c4ccccc4)cc(C(C)(C)C)cc1-c1cccc(C#N)c1)c1ccc(-c4ccccc4)cc1B23. The molecule has 0 saturated carbocycles. The number of hydrogen-bond acceptors (Lipinski definition) is 4. The van der Waals surface area contributed by atoms with Gasteiger partial charge >= 0.3 is 0 Å². The second-order valence-electron chi connectivity index (χ2n) is 32.0. The van der Waals surface area contributed by atoms with Crippen LogP contribution in [0.25, 0.3) is 126 Å². The van der Waals surface area contributed by atoms with Crippen molar-refractivity contribution in [2.45, 2.75) is 52.4 Å². The molecule has 21 rings (SSSR count). The molecule has 2 aliphatic heterocycles. The van der Waals surface area contributed by atoms with Gasteiger partial charge in [0.2, 0.25) is 0 Å². The van der Waals surface area contributed by atoms with E-state index in [0.717, 1.165) is 150 Å². The van der Waals surface area contributed by atoms with E-state index in [1.165, 1.54) is 0 Å². The van der Waals surface area contributed by atoms with Crippen LogP contribution in [0.4, 0.5) is 56.9 Å². The first kappa shape index (κ1) is 60.4. The van der Waals surface area contributed by atoms with Gasteiger partial charge in [0.1, 0.15) is 0 Å². The summed E-state index contributed by atoms with van der Waals surface area (Å²) >= 11 is 0. The lowest BCUT2D eigenvalue weighted by Gasteiger charge is -2.46. The Morgan fingerprint density at radius 3 is 1.46 bits per heavy atom. The fourth-order valence-electron chi connectivity index (χ4n) is 18.1. The second kappa shape index (κ2) is 26.1. The Morgan fingerprint density at radius 1 is 0.395 bits per heavy atom. The van der Waals surface area contributed by atoms with Gasteiger partial charge in [-0.3, -0.25) is 0 Å². The van der Waals surface area contributed by atoms with E-state index in [4.69, 9.17) is 6.57 Å². The third-order valence-electron chi connectivity index (χ3n) is 23.3. The summed E-state index contributed by atoms with van der Waals surface area (Å²) in [6.07, 6.45) is 0. The first-order chi connectivity index (χ1) is 58.7. The van der Waals surface area contributed by atoms with Gasteiger partial charge in [-0.2, -0.15) is 5.26 Å². The van der Waals surface area contributed by atoms with Crippen molar-refractivity contribution in [3.05, 3.63) is 380 Å². The first-order valence-corrected chi connectivity index (χ1v) is 38.8. The standard InChI is InChI=1S/C106H76BN7/c1-105(2,3)74-60-84(69-34-15-9-16-35-69)100(86(62-74)72-38-29-31-67(57-72)66-108)113-95-55-51-71(68-32-13-8-14-33-68)59-90(95)107-89-54-52-80(111-91-48-26-23-45-81(91)88-64-79(53-56-94(88)111)110(77-41-19-11-20-42-77)78-43-21-12-22-44-78)65-96(89)114(104-98-83-47-25-28-50-93(83)112-92-49-27-24-46-82(92)97(102(98)112)103(113)99(104)107)101-85(70-36-17-10-18-37-70)61-75(106(4,5)6)63-87(101)73-39-30-40-76(58-73)109-7/h8-65H,1-6H3/i23D,26D,45D,48D,53D,56D,64D. The molecular formula is C106H76BN7. The molecule has 0 atom stereocenters. The summed E-state index contributed by atoms with van der Waals surface area (Å²) in [5.74, 6) is 0. The zero-order valence-corrected chi connectivity index (χ0v) is 63.7. The molecule has 0 saturated heterocycles. The van der Waals surface area contributed by atoms with Crippen molar-refractivity contribution in [1.82, 2.24) is 8.97 Å². The molecule has 8 heteroatoms. The lowest BCUT2D eigenvalue weighted by molar-refractivity contribution is 0.590. The summed E-state index contributed by atoms with van der Waals surface area (Å²) in [7, 11) is 0. The minimum absolute atomic E-state index is 0.0383. The summed E-state index contributed by atoms with van der Waals surface area (Å²) in [5, 5.41) is 15.1. The van der Waals surface area contributed by atoms with Crippen molar-refractivity contribution < 1.29 is 9.60 Å². The van der Waals surface area contributed by atoms with Crippen LogP contribution in [-0.2, 0) is 10.8 Å². The summed E-state index contributed by atoms with van der Waals surface area (Å²) in [4.78, 5) is 11.0. The zero-order valence-electron chi connectivity index (χ0n) is 70.7. The monoisotopic (exact) mass is 1460 g/mol. The van der Waals surface area contributed by atoms with Crippen LogP contribution in [0.5, 0.6) is 0 Å². The number of nitriles is 1. The maximum atomic E-state index is 11.0. The van der Waals surface area contributed by atoms with Crippen LogP contribution in [-0.4, -0.2) is 15.7 Å². The van der Waals surface area contributed by atoms with E-state index in [1.807, 2.05) is 115 Å². The molecular weight excluding hydrogens is 1380 g/mol. The maximum absolute atomic E-state index is 11.0. The highest BCUT2D eigenvalue weighted by Gasteiger charge is 2.49. The Morgan fingerprint density at radius 2 is 0.895 bits per heavy atom. The quantitative estimate of drug-likeness (QED) is 0.0956. The van der Waals surface area contributed by atoms with Gasteiger partial charge in [0.05, 0.1) is 78.1 Å². The van der Waals surface area contributed by atoms with E-state index in [2.05, 4.69) is 261 Å². The van der Waals surface area contributed by atoms with Crippen LogP contribution >= 0.6 is 0 Å². The summed E-state index contributed by atoms with van der Waals surface area (Å²) < 4.78 is 75.8. The first-order valence-electron chi connectivity index (χ1n) is 42.3. The number of anilines is 9. The van der Waals surface area contributed by atoms with Gasteiger partial charge in [0.25, 0.3) is 6.71 Å². The number of rotatable bonds is 11. The predicted molar refractivity (Wildman–Crippen MR) is 480 cm³/mol. The smallest absolute Gasteiger partial charge is 0.252 e. The minimum atomic E-state index is -0.649. The van der Waals surface area contributed by atoms with Gasteiger partial charge < -0.3 is 23.7 Å². The molecule has 0 unspecified atom stereocenters. The van der Waals surface area contributed by atoms with Crippen LogP contribution in [0.2, 0.25) is 0 Å². The molecule has 0 fully saturated rings. The lowest BCUT2D eigenvalue weighted by Crippen LogP contribution is -2.61. The molecule has 0 amide bonds. The topological polar surface area (TPSA) is 47.2 Å². The number of aromatic nitrogens is 2. The fourth-order valence-corrected chi connectivity index (χ4v) is 18.1. The van der Waals surface area contributed by atoms with Gasteiger partial charge in [-0.25, -0.2) is 4.85 Å². The van der Waals surface area contributed by atoms with Gasteiger partial charge in [0.15, 0.2) is 5.69 Å². The number of benzene rings is 16. The fraction of sp³-hybridized carbons (Fsp3) is 0.0755. The van der Waals surface area contributed by atoms with E-state index in [1.54, 1.807) is 9.47 Å². The average Bonchev–Trinajstić information content (AvgIpc) is 1.63. The van der Waals surface area contributed by atoms with E-state index in [9.17, 15) is 14.9 Å². The second-order valence-corrected chi connectivity index (χ2v) is 32.0. The normalized spacial score (nSPS) is 13.4. The molecule has 0 N–H and O–H groups in total. The summed E-state index contributed by atoms with van der Waals surface area (Å²) in [6, 6.07) is 107. The van der Waals surface area contributed by atoms with Crippen molar-refractivity contribution >= 4 is 140 Å². The van der Waals surface area contributed by atoms with Crippen LogP contribution in [0.1, 0.15) is 67.8 Å². The minimum Gasteiger partial charge on any atom is -0.310 e. The lowest BCUT2D eigenvalue weighted by atomic mass is 9.33. The van der Waals surface area contributed by atoms with Gasteiger partial charge in [-0.1, -0.05) is 272 Å². The predicted octanol–water partition coefficient (Wildman–Crippen LogP) is 26.8. The Hall–Kier alpha value is -14.4. The number of fused-ring (bicyclic) bond motifs is 15. The Bertz CT molecular complexity index is 7630. The molecule has 538 valence electrons. The van der Waals surface area contributed by atoms with Crippen LogP contribution < -0.4 is 31.1 Å². The molecule has 5 heterocycles. The molecule has 0 radical (unpaired) electrons. The maximum Gasteiger partial charge on any atom is 0.252 e. The third-order valence-corrected chi connectivity index (χ3v) is 23.3. The highest BCUT2D eigenvalue weighted by atomic mass is 15.2. The van der Waals surface area contributed by atoms with Crippen molar-refractivity contribution in [3.63, 3.8) is 0 Å². The molecule has 16 aromatic carbocycles. The van der Waals surface area contributed by atoms with Crippen LogP contribution in [0, 0.1) is 17.9 Å². The molecule has 0 aliphatic carbocycles. The molecule has 2 aliphatic rings. The van der Waals surface area contributed by atoms with Crippen molar-refractivity contribution in [3.8, 4) is 67.4 Å². The molecule has 19 aromatic rings. The average molecular weight is 1470 g/mol. The molecule has 114 heavy (non-hydrogen) atoms. The zero-order chi connectivity index (χ0) is 82.9. The van der Waals surface area contributed by atoms with Crippen molar-refractivity contribution in [2.24, 2.45) is 0 Å². The largest absolute Gasteiger partial charge is 0.310 e. The van der Waals surface area contributed by atoms with Crippen LogP contribution in [0.15, 0.2) is 352 Å². The Balaban J connectivity index is 1.01. The third kappa shape index (κ3) is 10.6. The van der Waals surface area contributed by atoms with E-state index in [-0.39, 0.29) is 63.1 Å². The van der Waals surface area contributed by atoms with Crippen molar-refractivity contribution in [1.29, 1.82) is 5.26 Å². The van der Waals surface area contributed by atoms with Crippen molar-refractivity contribution in [2.75, 3.05) is 14.7 Å². The van der Waals surface area contributed by atoms with E-state index in [0.29, 0.717) is 34.0 Å². The summed E-state index contributed by atoms with van der Waals surface area (Å²) in [6.45, 7) is 21.6. The summed E-state index contributed by atoms with van der Waals surface area (Å²) in [5.41, 5.74) is 24.1. The Kier molecular flexibility index (Phi) is 13.8. The molecule has 3 aromatic heterocycles.